The standard InChI is InChI=1S/C12H25NO3/c1-5-7-13-11(12(14)15-4)9-16-8-6-10(2)3/h10-11,13H,5-9H2,1-4H3. The normalized spacial score (nSPS) is 12.8. The third kappa shape index (κ3) is 7.65. The Balaban J connectivity index is 3.78. The molecule has 0 spiro atoms. The molecule has 0 aliphatic rings. The molecule has 1 N–H and O–H groups in total. The van der Waals surface area contributed by atoms with Crippen LogP contribution in [0.5, 0.6) is 0 Å². The zero-order valence-corrected chi connectivity index (χ0v) is 10.9. The Morgan fingerprint density at radius 2 is 2.06 bits per heavy atom. The number of esters is 1. The van der Waals surface area contributed by atoms with Gasteiger partial charge in [-0.2, -0.15) is 0 Å². The first kappa shape index (κ1) is 15.4. The van der Waals surface area contributed by atoms with E-state index in [-0.39, 0.29) is 12.0 Å². The number of methoxy groups -OCH3 is 1. The Hall–Kier alpha value is -0.610. The van der Waals surface area contributed by atoms with Crippen molar-refractivity contribution in [3.8, 4) is 0 Å². The van der Waals surface area contributed by atoms with E-state index >= 15 is 0 Å². The van der Waals surface area contributed by atoms with Crippen LogP contribution in [0.2, 0.25) is 0 Å². The predicted molar refractivity (Wildman–Crippen MR) is 64.4 cm³/mol. The van der Waals surface area contributed by atoms with Gasteiger partial charge in [0.2, 0.25) is 0 Å². The van der Waals surface area contributed by atoms with Gasteiger partial charge in [0.1, 0.15) is 6.04 Å². The molecule has 0 rings (SSSR count). The molecule has 0 radical (unpaired) electrons. The molecule has 0 saturated carbocycles. The second-order valence-corrected chi connectivity index (χ2v) is 4.29. The van der Waals surface area contributed by atoms with Gasteiger partial charge in [0.15, 0.2) is 0 Å². The molecule has 0 fully saturated rings. The highest BCUT2D eigenvalue weighted by atomic mass is 16.5. The largest absolute Gasteiger partial charge is 0.468 e. The fourth-order valence-corrected chi connectivity index (χ4v) is 1.19. The van der Waals surface area contributed by atoms with Crippen molar-refractivity contribution in [3.63, 3.8) is 0 Å². The summed E-state index contributed by atoms with van der Waals surface area (Å²) in [7, 11) is 1.40. The summed E-state index contributed by atoms with van der Waals surface area (Å²) in [6, 6.07) is -0.336. The molecule has 0 heterocycles. The second kappa shape index (κ2) is 9.60. The van der Waals surface area contributed by atoms with Crippen LogP contribution >= 0.6 is 0 Å². The molecule has 96 valence electrons. The third-order valence-corrected chi connectivity index (χ3v) is 2.25. The Labute approximate surface area is 98.7 Å². The summed E-state index contributed by atoms with van der Waals surface area (Å²) in [5.41, 5.74) is 0. The molecule has 1 unspecified atom stereocenters. The van der Waals surface area contributed by atoms with Gasteiger partial charge in [-0.3, -0.25) is 4.79 Å². The number of carbonyl (C=O) groups is 1. The number of rotatable bonds is 9. The van der Waals surface area contributed by atoms with Crippen LogP contribution in [0.3, 0.4) is 0 Å². The van der Waals surface area contributed by atoms with E-state index < -0.39 is 0 Å². The number of carbonyl (C=O) groups excluding carboxylic acids is 1. The minimum Gasteiger partial charge on any atom is -0.468 e. The van der Waals surface area contributed by atoms with Crippen LogP contribution in [0.15, 0.2) is 0 Å². The van der Waals surface area contributed by atoms with Gasteiger partial charge in [-0.15, -0.1) is 0 Å². The highest BCUT2D eigenvalue weighted by Gasteiger charge is 2.17. The molecule has 0 amide bonds. The fraction of sp³-hybridized carbons (Fsp3) is 0.917. The average molecular weight is 231 g/mol. The van der Waals surface area contributed by atoms with E-state index in [0.29, 0.717) is 19.1 Å². The van der Waals surface area contributed by atoms with Gasteiger partial charge >= 0.3 is 5.97 Å². The Morgan fingerprint density at radius 3 is 2.56 bits per heavy atom. The van der Waals surface area contributed by atoms with E-state index in [1.54, 1.807) is 0 Å². The number of hydrogen-bond acceptors (Lipinski definition) is 4. The first-order valence-corrected chi connectivity index (χ1v) is 6.00. The molecule has 16 heavy (non-hydrogen) atoms. The van der Waals surface area contributed by atoms with Crippen LogP contribution in [0.4, 0.5) is 0 Å². The van der Waals surface area contributed by atoms with Gasteiger partial charge in [-0.1, -0.05) is 20.8 Å². The van der Waals surface area contributed by atoms with Crippen LogP contribution < -0.4 is 5.32 Å². The van der Waals surface area contributed by atoms with E-state index in [0.717, 1.165) is 19.4 Å². The molecule has 0 aromatic heterocycles. The van der Waals surface area contributed by atoms with Gasteiger partial charge in [-0.25, -0.2) is 0 Å². The molecule has 0 aromatic carbocycles. The van der Waals surface area contributed by atoms with Crippen molar-refractivity contribution in [1.29, 1.82) is 0 Å². The smallest absolute Gasteiger partial charge is 0.325 e. The molecule has 4 nitrogen and oxygen atoms in total. The predicted octanol–water partition coefficient (Wildman–Crippen LogP) is 1.59. The van der Waals surface area contributed by atoms with Gasteiger partial charge in [-0.05, 0) is 25.3 Å². The average Bonchev–Trinajstić information content (AvgIpc) is 2.26. The number of hydrogen-bond donors (Lipinski definition) is 1. The van der Waals surface area contributed by atoms with Crippen molar-refractivity contribution in [1.82, 2.24) is 5.32 Å². The summed E-state index contributed by atoms with van der Waals surface area (Å²) in [5.74, 6) is 0.373. The lowest BCUT2D eigenvalue weighted by molar-refractivity contribution is -0.144. The van der Waals surface area contributed by atoms with Crippen LogP contribution in [-0.4, -0.2) is 38.9 Å². The summed E-state index contributed by atoms with van der Waals surface area (Å²) in [4.78, 5) is 11.4. The minimum atomic E-state index is -0.336. The molecule has 0 saturated heterocycles. The highest BCUT2D eigenvalue weighted by Crippen LogP contribution is 2.00. The zero-order valence-electron chi connectivity index (χ0n) is 10.9. The Bertz CT molecular complexity index is 183. The quantitative estimate of drug-likeness (QED) is 0.483. The van der Waals surface area contributed by atoms with Crippen LogP contribution in [0.25, 0.3) is 0 Å². The Morgan fingerprint density at radius 1 is 1.38 bits per heavy atom. The molecule has 0 aliphatic carbocycles. The van der Waals surface area contributed by atoms with E-state index in [2.05, 4.69) is 26.1 Å². The maximum absolute atomic E-state index is 11.4. The minimum absolute atomic E-state index is 0.252. The van der Waals surface area contributed by atoms with Crippen molar-refractivity contribution in [3.05, 3.63) is 0 Å². The summed E-state index contributed by atoms with van der Waals surface area (Å²) >= 11 is 0. The van der Waals surface area contributed by atoms with E-state index in [9.17, 15) is 4.79 Å². The zero-order chi connectivity index (χ0) is 12.4. The summed E-state index contributed by atoms with van der Waals surface area (Å²) in [5, 5.41) is 3.11. The lowest BCUT2D eigenvalue weighted by atomic mass is 10.1. The van der Waals surface area contributed by atoms with Gasteiger partial charge in [0.25, 0.3) is 0 Å². The van der Waals surface area contributed by atoms with Gasteiger partial charge < -0.3 is 14.8 Å². The van der Waals surface area contributed by atoms with Crippen molar-refractivity contribution in [2.45, 2.75) is 39.7 Å². The van der Waals surface area contributed by atoms with Gasteiger partial charge in [0.05, 0.1) is 13.7 Å². The van der Waals surface area contributed by atoms with E-state index in [4.69, 9.17) is 9.47 Å². The van der Waals surface area contributed by atoms with E-state index in [1.807, 2.05) is 0 Å². The lowest BCUT2D eigenvalue weighted by Gasteiger charge is -2.16. The van der Waals surface area contributed by atoms with Crippen molar-refractivity contribution in [2.24, 2.45) is 5.92 Å². The van der Waals surface area contributed by atoms with Gasteiger partial charge in [0, 0.05) is 6.61 Å². The maximum atomic E-state index is 11.4. The monoisotopic (exact) mass is 231 g/mol. The highest BCUT2D eigenvalue weighted by molar-refractivity contribution is 5.75. The molecular weight excluding hydrogens is 206 g/mol. The van der Waals surface area contributed by atoms with Crippen molar-refractivity contribution >= 4 is 5.97 Å². The van der Waals surface area contributed by atoms with Crippen LogP contribution in [-0.2, 0) is 14.3 Å². The number of ether oxygens (including phenoxy) is 2. The molecule has 0 aromatic rings. The summed E-state index contributed by atoms with van der Waals surface area (Å²) in [6.45, 7) is 8.24. The first-order chi connectivity index (χ1) is 7.61. The molecular formula is C12H25NO3. The fourth-order valence-electron chi connectivity index (χ4n) is 1.19. The topological polar surface area (TPSA) is 47.6 Å². The van der Waals surface area contributed by atoms with Crippen LogP contribution in [0, 0.1) is 5.92 Å². The maximum Gasteiger partial charge on any atom is 0.325 e. The van der Waals surface area contributed by atoms with E-state index in [1.165, 1.54) is 7.11 Å². The number of nitrogens with one attached hydrogen (secondary N) is 1. The third-order valence-electron chi connectivity index (χ3n) is 2.25. The molecule has 0 bridgehead atoms. The van der Waals surface area contributed by atoms with Crippen molar-refractivity contribution < 1.29 is 14.3 Å². The van der Waals surface area contributed by atoms with Crippen LogP contribution in [0.1, 0.15) is 33.6 Å². The summed E-state index contributed by atoms with van der Waals surface area (Å²) < 4.78 is 10.2. The second-order valence-electron chi connectivity index (χ2n) is 4.29. The molecule has 1 atom stereocenters. The Kier molecular flexibility index (Phi) is 9.24. The first-order valence-electron chi connectivity index (χ1n) is 6.00. The summed E-state index contributed by atoms with van der Waals surface area (Å²) in [6.07, 6.45) is 2.00. The SMILES string of the molecule is CCCNC(COCCC(C)C)C(=O)OC. The molecule has 0 aliphatic heterocycles. The van der Waals surface area contributed by atoms with Crippen molar-refractivity contribution in [2.75, 3.05) is 26.9 Å². The lowest BCUT2D eigenvalue weighted by Crippen LogP contribution is -2.41. The molecule has 4 heteroatoms.